The van der Waals surface area contributed by atoms with E-state index in [-0.39, 0.29) is 17.9 Å². The smallest absolute Gasteiger partial charge is 0.280 e. The van der Waals surface area contributed by atoms with Crippen LogP contribution in [0.1, 0.15) is 15.9 Å². The van der Waals surface area contributed by atoms with Crippen molar-refractivity contribution in [2.45, 2.75) is 6.42 Å². The summed E-state index contributed by atoms with van der Waals surface area (Å²) in [5, 5.41) is 0. The van der Waals surface area contributed by atoms with Crippen LogP contribution in [0.15, 0.2) is 59.6 Å². The Labute approximate surface area is 126 Å². The number of nitrogens with zero attached hydrogens (tertiary/aromatic N) is 1. The molecule has 2 aromatic rings. The van der Waals surface area contributed by atoms with Crippen molar-refractivity contribution >= 4 is 17.5 Å². The van der Waals surface area contributed by atoms with Gasteiger partial charge in [-0.1, -0.05) is 30.3 Å². The van der Waals surface area contributed by atoms with Crippen molar-refractivity contribution in [2.75, 3.05) is 0 Å². The summed E-state index contributed by atoms with van der Waals surface area (Å²) in [6.45, 7) is 0. The molecule has 0 aliphatic rings. The molecule has 0 saturated heterocycles. The van der Waals surface area contributed by atoms with E-state index in [2.05, 4.69) is 4.99 Å². The normalized spacial score (nSPS) is 11.1. The Hall–Kier alpha value is -2.86. The number of benzene rings is 2. The van der Waals surface area contributed by atoms with Crippen LogP contribution >= 0.6 is 0 Å². The number of halogens is 1. The van der Waals surface area contributed by atoms with Gasteiger partial charge in [-0.05, 0) is 29.8 Å². The summed E-state index contributed by atoms with van der Waals surface area (Å²) in [6, 6.07) is 13.9. The van der Waals surface area contributed by atoms with Crippen molar-refractivity contribution in [1.29, 1.82) is 0 Å². The molecule has 0 aliphatic carbocycles. The van der Waals surface area contributed by atoms with E-state index in [4.69, 9.17) is 5.84 Å². The molecule has 0 saturated carbocycles. The molecule has 2 amide bonds. The molecule has 0 heterocycles. The number of nitrogens with two attached hydrogens (primary N) is 1. The van der Waals surface area contributed by atoms with Crippen molar-refractivity contribution < 1.29 is 14.0 Å². The van der Waals surface area contributed by atoms with Gasteiger partial charge in [0.2, 0.25) is 0 Å². The zero-order chi connectivity index (χ0) is 15.9. The second kappa shape index (κ2) is 7.24. The molecular formula is C16H14FN3O2. The topological polar surface area (TPSA) is 84.5 Å². The lowest BCUT2D eigenvalue weighted by atomic mass is 10.1. The Balaban J connectivity index is 2.26. The van der Waals surface area contributed by atoms with Crippen molar-refractivity contribution in [1.82, 2.24) is 5.43 Å². The first kappa shape index (κ1) is 15.5. The summed E-state index contributed by atoms with van der Waals surface area (Å²) in [7, 11) is 0. The Morgan fingerprint density at radius 1 is 1.05 bits per heavy atom. The highest BCUT2D eigenvalue weighted by molar-refractivity contribution is 6.41. The molecule has 3 N–H and O–H groups in total. The molecule has 0 atom stereocenters. The molecular weight excluding hydrogens is 285 g/mol. The van der Waals surface area contributed by atoms with E-state index in [1.165, 1.54) is 24.3 Å². The second-order valence-electron chi connectivity index (χ2n) is 4.51. The number of nitrogens with one attached hydrogen (secondary N) is 1. The van der Waals surface area contributed by atoms with Crippen LogP contribution in [0.5, 0.6) is 0 Å². The largest absolute Gasteiger partial charge is 0.289 e. The fourth-order valence-electron chi connectivity index (χ4n) is 1.82. The fraction of sp³-hybridized carbons (Fsp3) is 0.0625. The summed E-state index contributed by atoms with van der Waals surface area (Å²) >= 11 is 0. The number of amides is 2. The lowest BCUT2D eigenvalue weighted by molar-refractivity contribution is -0.115. The maximum atomic E-state index is 12.9. The van der Waals surface area contributed by atoms with Crippen LogP contribution in [0.2, 0.25) is 0 Å². The number of hydrogen-bond donors (Lipinski definition) is 2. The van der Waals surface area contributed by atoms with E-state index in [0.29, 0.717) is 11.1 Å². The lowest BCUT2D eigenvalue weighted by Crippen LogP contribution is -2.37. The maximum Gasteiger partial charge on any atom is 0.280 e. The number of carbonyl (C=O) groups is 2. The molecule has 2 rings (SSSR count). The van der Waals surface area contributed by atoms with Gasteiger partial charge in [-0.2, -0.15) is 0 Å². The Kier molecular flexibility index (Phi) is 5.11. The van der Waals surface area contributed by atoms with E-state index < -0.39 is 11.8 Å². The minimum Gasteiger partial charge on any atom is -0.289 e. The van der Waals surface area contributed by atoms with Crippen molar-refractivity contribution in [2.24, 2.45) is 10.8 Å². The number of hydrazine groups is 1. The minimum atomic E-state index is -0.659. The van der Waals surface area contributed by atoms with E-state index in [0.717, 1.165) is 0 Å². The van der Waals surface area contributed by atoms with Crippen LogP contribution in [-0.2, 0) is 11.2 Å². The summed E-state index contributed by atoms with van der Waals surface area (Å²) in [5.74, 6) is 3.53. The van der Waals surface area contributed by atoms with Gasteiger partial charge in [0, 0.05) is 12.0 Å². The highest BCUT2D eigenvalue weighted by atomic mass is 19.1. The highest BCUT2D eigenvalue weighted by Crippen LogP contribution is 2.07. The maximum absolute atomic E-state index is 12.9. The third kappa shape index (κ3) is 4.07. The van der Waals surface area contributed by atoms with E-state index in [1.807, 2.05) is 5.43 Å². The van der Waals surface area contributed by atoms with E-state index in [1.54, 1.807) is 30.3 Å². The predicted molar refractivity (Wildman–Crippen MR) is 80.6 cm³/mol. The lowest BCUT2D eigenvalue weighted by Gasteiger charge is -2.05. The zero-order valence-electron chi connectivity index (χ0n) is 11.6. The van der Waals surface area contributed by atoms with Crippen molar-refractivity contribution in [3.05, 3.63) is 71.5 Å². The molecule has 0 bridgehead atoms. The number of aliphatic imine (C=N–C) groups is 1. The standard InChI is InChI=1S/C16H14FN3O2/c17-13-8-6-11(7-9-13)10-14(16(22)20-18)19-15(21)12-4-2-1-3-5-12/h1-9H,10,18H2,(H,20,22). The highest BCUT2D eigenvalue weighted by Gasteiger charge is 2.14. The molecule has 6 heteroatoms. The third-order valence-corrected chi connectivity index (χ3v) is 2.94. The quantitative estimate of drug-likeness (QED) is 0.389. The first-order chi connectivity index (χ1) is 10.6. The van der Waals surface area contributed by atoms with Gasteiger partial charge in [0.05, 0.1) is 0 Å². The molecule has 0 spiro atoms. The van der Waals surface area contributed by atoms with Gasteiger partial charge >= 0.3 is 0 Å². The molecule has 0 radical (unpaired) electrons. The average Bonchev–Trinajstić information content (AvgIpc) is 2.56. The molecule has 0 unspecified atom stereocenters. The first-order valence-electron chi connectivity index (χ1n) is 6.52. The van der Waals surface area contributed by atoms with Gasteiger partial charge in [-0.15, -0.1) is 0 Å². The number of rotatable bonds is 4. The van der Waals surface area contributed by atoms with Crippen LogP contribution < -0.4 is 11.3 Å². The summed E-state index contributed by atoms with van der Waals surface area (Å²) in [4.78, 5) is 27.6. The summed E-state index contributed by atoms with van der Waals surface area (Å²) < 4.78 is 12.9. The molecule has 112 valence electrons. The van der Waals surface area contributed by atoms with Gasteiger partial charge in [0.15, 0.2) is 0 Å². The minimum absolute atomic E-state index is 0.0389. The van der Waals surface area contributed by atoms with Crippen molar-refractivity contribution in [3.63, 3.8) is 0 Å². The van der Waals surface area contributed by atoms with Crippen LogP contribution in [0.25, 0.3) is 0 Å². The molecule has 0 aromatic heterocycles. The fourth-order valence-corrected chi connectivity index (χ4v) is 1.82. The van der Waals surface area contributed by atoms with Crippen LogP contribution in [0.3, 0.4) is 0 Å². The average molecular weight is 299 g/mol. The molecule has 22 heavy (non-hydrogen) atoms. The van der Waals surface area contributed by atoms with Gasteiger partial charge in [-0.25, -0.2) is 15.2 Å². The van der Waals surface area contributed by atoms with Crippen LogP contribution in [-0.4, -0.2) is 17.5 Å². The first-order valence-corrected chi connectivity index (χ1v) is 6.52. The summed E-state index contributed by atoms with van der Waals surface area (Å²) in [6.07, 6.45) is 0.0713. The van der Waals surface area contributed by atoms with E-state index in [9.17, 15) is 14.0 Å². The summed E-state index contributed by atoms with van der Waals surface area (Å²) in [5.41, 5.74) is 2.93. The van der Waals surface area contributed by atoms with Gasteiger partial charge in [-0.3, -0.25) is 15.0 Å². The zero-order valence-corrected chi connectivity index (χ0v) is 11.6. The third-order valence-electron chi connectivity index (χ3n) is 2.94. The second-order valence-corrected chi connectivity index (χ2v) is 4.51. The Morgan fingerprint density at radius 3 is 2.27 bits per heavy atom. The number of hydrogen-bond acceptors (Lipinski definition) is 3. The van der Waals surface area contributed by atoms with Gasteiger partial charge in [0.25, 0.3) is 11.8 Å². The number of carbonyl (C=O) groups excluding carboxylic acids is 2. The van der Waals surface area contributed by atoms with Gasteiger partial charge in [0.1, 0.15) is 11.5 Å². The molecule has 2 aromatic carbocycles. The van der Waals surface area contributed by atoms with Crippen molar-refractivity contribution in [3.8, 4) is 0 Å². The predicted octanol–water partition coefficient (Wildman–Crippen LogP) is 1.64. The Morgan fingerprint density at radius 2 is 1.68 bits per heavy atom. The Bertz CT molecular complexity index is 697. The van der Waals surface area contributed by atoms with Gasteiger partial charge < -0.3 is 0 Å². The molecule has 0 fully saturated rings. The molecule has 0 aliphatic heterocycles. The SMILES string of the molecule is NNC(=O)C(Cc1ccc(F)cc1)=NC(=O)c1ccccc1. The van der Waals surface area contributed by atoms with E-state index >= 15 is 0 Å². The molecule has 5 nitrogen and oxygen atoms in total. The monoisotopic (exact) mass is 299 g/mol. The van der Waals surface area contributed by atoms with Crippen LogP contribution in [0, 0.1) is 5.82 Å². The van der Waals surface area contributed by atoms with Crippen LogP contribution in [0.4, 0.5) is 4.39 Å².